The molecule has 1 unspecified atom stereocenters. The van der Waals surface area contributed by atoms with Gasteiger partial charge in [-0.1, -0.05) is 42.5 Å². The van der Waals surface area contributed by atoms with Gasteiger partial charge in [0.15, 0.2) is 0 Å². The second-order valence-corrected chi connectivity index (χ2v) is 5.49. The predicted octanol–water partition coefficient (Wildman–Crippen LogP) is 2.22. The van der Waals surface area contributed by atoms with Gasteiger partial charge in [-0.15, -0.1) is 11.8 Å². The molecule has 2 aromatic rings. The third-order valence-electron chi connectivity index (χ3n) is 2.77. The summed E-state index contributed by atoms with van der Waals surface area (Å²) in [6, 6.07) is 17.5. The van der Waals surface area contributed by atoms with Crippen molar-refractivity contribution in [2.45, 2.75) is 17.1 Å². The highest BCUT2D eigenvalue weighted by atomic mass is 32.2. The van der Waals surface area contributed by atoms with E-state index in [0.29, 0.717) is 5.46 Å². The monoisotopic (exact) mass is 258 g/mol. The van der Waals surface area contributed by atoms with E-state index < -0.39 is 7.12 Å². The number of rotatable bonds is 4. The van der Waals surface area contributed by atoms with E-state index >= 15 is 0 Å². The van der Waals surface area contributed by atoms with Gasteiger partial charge in [0, 0.05) is 10.1 Å². The molecule has 2 rings (SSSR count). The highest BCUT2D eigenvalue weighted by molar-refractivity contribution is 7.99. The van der Waals surface area contributed by atoms with E-state index in [1.54, 1.807) is 17.8 Å². The Kier molecular flexibility index (Phi) is 4.47. The molecule has 2 aromatic carbocycles. The van der Waals surface area contributed by atoms with Crippen LogP contribution in [0.4, 0.5) is 0 Å². The molecule has 0 bridgehead atoms. The van der Waals surface area contributed by atoms with Crippen molar-refractivity contribution in [2.75, 3.05) is 0 Å². The second kappa shape index (κ2) is 6.09. The van der Waals surface area contributed by atoms with Crippen molar-refractivity contribution in [2.24, 2.45) is 0 Å². The van der Waals surface area contributed by atoms with Crippen molar-refractivity contribution < 1.29 is 10.0 Å². The number of hydrogen-bond acceptors (Lipinski definition) is 3. The SMILES string of the molecule is CC(Sc1ccccc1)c1ccccc1B(O)O. The summed E-state index contributed by atoms with van der Waals surface area (Å²) in [7, 11) is -1.42. The van der Waals surface area contributed by atoms with Crippen LogP contribution in [0.3, 0.4) is 0 Å². The van der Waals surface area contributed by atoms with Crippen LogP contribution in [0.25, 0.3) is 0 Å². The van der Waals surface area contributed by atoms with Gasteiger partial charge in [-0.2, -0.15) is 0 Å². The average Bonchev–Trinajstić information content (AvgIpc) is 2.40. The van der Waals surface area contributed by atoms with Crippen LogP contribution in [0.15, 0.2) is 59.5 Å². The van der Waals surface area contributed by atoms with Gasteiger partial charge in [0.25, 0.3) is 0 Å². The van der Waals surface area contributed by atoms with Crippen LogP contribution in [0.1, 0.15) is 17.7 Å². The molecule has 0 heterocycles. The Labute approximate surface area is 112 Å². The highest BCUT2D eigenvalue weighted by Gasteiger charge is 2.19. The lowest BCUT2D eigenvalue weighted by Gasteiger charge is -2.15. The Morgan fingerprint density at radius 2 is 1.56 bits per heavy atom. The summed E-state index contributed by atoms with van der Waals surface area (Å²) in [5, 5.41) is 18.9. The zero-order valence-electron chi connectivity index (χ0n) is 10.2. The van der Waals surface area contributed by atoms with Crippen LogP contribution in [-0.4, -0.2) is 17.2 Å². The summed E-state index contributed by atoms with van der Waals surface area (Å²) in [4.78, 5) is 1.17. The maximum atomic E-state index is 9.37. The number of thioether (sulfide) groups is 1. The molecule has 0 spiro atoms. The molecule has 0 aliphatic heterocycles. The Balaban J connectivity index is 2.21. The second-order valence-electron chi connectivity index (χ2n) is 4.08. The lowest BCUT2D eigenvalue weighted by Crippen LogP contribution is -2.33. The average molecular weight is 258 g/mol. The molecule has 0 saturated carbocycles. The zero-order chi connectivity index (χ0) is 13.0. The molecule has 0 aliphatic rings. The van der Waals surface area contributed by atoms with Gasteiger partial charge in [-0.25, -0.2) is 0 Å². The molecule has 0 aliphatic carbocycles. The van der Waals surface area contributed by atoms with Crippen LogP contribution in [0.5, 0.6) is 0 Å². The molecule has 1 atom stereocenters. The lowest BCUT2D eigenvalue weighted by molar-refractivity contribution is 0.425. The topological polar surface area (TPSA) is 40.5 Å². The molecule has 92 valence electrons. The third-order valence-corrected chi connectivity index (χ3v) is 3.92. The summed E-state index contributed by atoms with van der Waals surface area (Å²) < 4.78 is 0. The van der Waals surface area contributed by atoms with E-state index in [-0.39, 0.29) is 5.25 Å². The van der Waals surface area contributed by atoms with Gasteiger partial charge in [0.2, 0.25) is 0 Å². The standard InChI is InChI=1S/C14H15BO2S/c1-11(18-12-7-3-2-4-8-12)13-9-5-6-10-14(13)15(16)17/h2-11,16-17H,1H3. The first-order valence-corrected chi connectivity index (χ1v) is 6.73. The van der Waals surface area contributed by atoms with Crippen LogP contribution >= 0.6 is 11.8 Å². The van der Waals surface area contributed by atoms with E-state index in [4.69, 9.17) is 0 Å². The van der Waals surface area contributed by atoms with E-state index in [9.17, 15) is 10.0 Å². The summed E-state index contributed by atoms with van der Waals surface area (Å²) in [6.07, 6.45) is 0. The summed E-state index contributed by atoms with van der Waals surface area (Å²) >= 11 is 1.71. The molecule has 2 nitrogen and oxygen atoms in total. The van der Waals surface area contributed by atoms with Crippen LogP contribution < -0.4 is 5.46 Å². The largest absolute Gasteiger partial charge is 0.488 e. The molecule has 0 fully saturated rings. The molecule has 18 heavy (non-hydrogen) atoms. The zero-order valence-corrected chi connectivity index (χ0v) is 11.0. The molecule has 2 N–H and O–H groups in total. The Morgan fingerprint density at radius 3 is 2.22 bits per heavy atom. The van der Waals surface area contributed by atoms with E-state index in [1.807, 2.05) is 36.4 Å². The van der Waals surface area contributed by atoms with Gasteiger partial charge in [-0.05, 0) is 30.1 Å². The van der Waals surface area contributed by atoms with Crippen LogP contribution in [0.2, 0.25) is 0 Å². The fraction of sp³-hybridized carbons (Fsp3) is 0.143. The number of hydrogen-bond donors (Lipinski definition) is 2. The highest BCUT2D eigenvalue weighted by Crippen LogP contribution is 2.33. The van der Waals surface area contributed by atoms with Crippen molar-refractivity contribution in [3.8, 4) is 0 Å². The fourth-order valence-electron chi connectivity index (χ4n) is 1.88. The van der Waals surface area contributed by atoms with Crippen LogP contribution in [0, 0.1) is 0 Å². The van der Waals surface area contributed by atoms with E-state index in [1.165, 1.54) is 4.90 Å². The van der Waals surface area contributed by atoms with Gasteiger partial charge in [0.05, 0.1) is 0 Å². The van der Waals surface area contributed by atoms with E-state index in [2.05, 4.69) is 19.1 Å². The molecular formula is C14H15BO2S. The quantitative estimate of drug-likeness (QED) is 0.652. The van der Waals surface area contributed by atoms with Crippen LogP contribution in [-0.2, 0) is 0 Å². The first kappa shape index (κ1) is 13.2. The summed E-state index contributed by atoms with van der Waals surface area (Å²) in [6.45, 7) is 2.07. The Hall–Kier alpha value is -1.23. The third kappa shape index (κ3) is 3.16. The summed E-state index contributed by atoms with van der Waals surface area (Å²) in [5.74, 6) is 0. The predicted molar refractivity (Wildman–Crippen MR) is 77.0 cm³/mol. The van der Waals surface area contributed by atoms with Gasteiger partial charge >= 0.3 is 7.12 Å². The van der Waals surface area contributed by atoms with Crippen molar-refractivity contribution >= 4 is 24.3 Å². The van der Waals surface area contributed by atoms with Crippen molar-refractivity contribution in [1.29, 1.82) is 0 Å². The van der Waals surface area contributed by atoms with Crippen molar-refractivity contribution in [1.82, 2.24) is 0 Å². The first-order chi connectivity index (χ1) is 8.68. The smallest absolute Gasteiger partial charge is 0.423 e. The van der Waals surface area contributed by atoms with Crippen molar-refractivity contribution in [3.63, 3.8) is 0 Å². The van der Waals surface area contributed by atoms with Crippen molar-refractivity contribution in [3.05, 3.63) is 60.2 Å². The minimum Gasteiger partial charge on any atom is -0.423 e. The summed E-state index contributed by atoms with van der Waals surface area (Å²) in [5.41, 5.74) is 1.54. The Bertz CT molecular complexity index is 502. The number of benzene rings is 2. The maximum Gasteiger partial charge on any atom is 0.488 e. The molecule has 0 saturated heterocycles. The maximum absolute atomic E-state index is 9.37. The fourth-order valence-corrected chi connectivity index (χ4v) is 2.95. The molecular weight excluding hydrogens is 243 g/mol. The van der Waals surface area contributed by atoms with Gasteiger partial charge in [0.1, 0.15) is 0 Å². The first-order valence-electron chi connectivity index (χ1n) is 5.85. The van der Waals surface area contributed by atoms with Gasteiger partial charge < -0.3 is 10.0 Å². The normalized spacial score (nSPS) is 12.2. The molecule has 4 heteroatoms. The molecule has 0 radical (unpaired) electrons. The molecule has 0 aromatic heterocycles. The minimum absolute atomic E-state index is 0.172. The Morgan fingerprint density at radius 1 is 0.944 bits per heavy atom. The van der Waals surface area contributed by atoms with E-state index in [0.717, 1.165) is 5.56 Å². The lowest BCUT2D eigenvalue weighted by atomic mass is 9.76. The minimum atomic E-state index is -1.42. The molecule has 0 amide bonds. The van der Waals surface area contributed by atoms with Gasteiger partial charge in [-0.3, -0.25) is 0 Å².